The first-order chi connectivity index (χ1) is 24.3. The van der Waals surface area contributed by atoms with E-state index < -0.39 is 20.3 Å². The zero-order chi connectivity index (χ0) is 36.3. The Bertz CT molecular complexity index is 1850. The molecule has 0 spiro atoms. The van der Waals surface area contributed by atoms with Gasteiger partial charge in [-0.05, 0) is 0 Å². The van der Waals surface area contributed by atoms with Crippen molar-refractivity contribution < 1.29 is 45.1 Å². The molecule has 53 heavy (non-hydrogen) atoms. The van der Waals surface area contributed by atoms with Gasteiger partial charge in [0.05, 0.1) is 0 Å². The van der Waals surface area contributed by atoms with E-state index in [1.165, 1.54) is 91.3 Å². The fourth-order valence-corrected chi connectivity index (χ4v) is 27.7. The molecule has 0 amide bonds. The van der Waals surface area contributed by atoms with Crippen LogP contribution in [0.25, 0.3) is 34.4 Å². The van der Waals surface area contributed by atoms with Crippen molar-refractivity contribution in [3.63, 3.8) is 0 Å². The average molecular weight is 825 g/mol. The van der Waals surface area contributed by atoms with E-state index in [1.54, 1.807) is 33.4 Å². The first-order valence-electron chi connectivity index (χ1n) is 20.2. The summed E-state index contributed by atoms with van der Waals surface area (Å²) < 4.78 is 4.41. The zero-order valence-electron chi connectivity index (χ0n) is 34.2. The fraction of sp³-hybridized carbons (Fsp3) is 0.440. The summed E-state index contributed by atoms with van der Waals surface area (Å²) in [7, 11) is 0. The van der Waals surface area contributed by atoms with Crippen LogP contribution < -0.4 is 24.8 Å². The second-order valence-corrected chi connectivity index (χ2v) is 29.8. The maximum atomic E-state index is 2.72. The molecule has 1 heterocycles. The Kier molecular flexibility index (Phi) is 12.8. The van der Waals surface area contributed by atoms with E-state index in [4.69, 9.17) is 0 Å². The first-order valence-corrected chi connectivity index (χ1v) is 26.5. The van der Waals surface area contributed by atoms with Crippen molar-refractivity contribution in [2.75, 3.05) is 0 Å². The number of unbranched alkanes of at least 4 members (excludes halogenated alkanes) is 2. The number of halogens is 2. The molecule has 3 aliphatic rings. The standard InChI is InChI=1S/2C24H29.C2H4.2ClH.Zr/c2*1-6-7-8-18-15-22-17(2)9-14-21(23(22)16-18)19-10-12-20(13-11-19)24(3,4)5;1-2;;;/h2*9-16H,6-8H2,1-5H3;1-2H2;2*1H;/q;;;;;+2/p-2. The number of allylic oxidation sites excluding steroid dienone is 2. The average Bonchev–Trinajstić information content (AvgIpc) is 3.62. The molecule has 3 heteroatoms. The number of benzene rings is 4. The van der Waals surface area contributed by atoms with Crippen LogP contribution in [-0.2, 0) is 31.1 Å². The molecule has 0 aromatic heterocycles. The Morgan fingerprint density at radius 2 is 0.887 bits per heavy atom. The maximum absolute atomic E-state index is 2.89. The van der Waals surface area contributed by atoms with Crippen LogP contribution >= 0.6 is 0 Å². The molecule has 1 saturated heterocycles. The number of hydrogen-bond acceptors (Lipinski definition) is 0. The molecule has 0 nitrogen and oxygen atoms in total. The summed E-state index contributed by atoms with van der Waals surface area (Å²) in [5.41, 5.74) is 22.0. The summed E-state index contributed by atoms with van der Waals surface area (Å²) in [4.78, 5) is 0. The van der Waals surface area contributed by atoms with Crippen LogP contribution in [0.1, 0.15) is 146 Å². The van der Waals surface area contributed by atoms with Gasteiger partial charge in [-0.25, -0.2) is 0 Å². The maximum Gasteiger partial charge on any atom is -1.00 e. The van der Waals surface area contributed by atoms with Gasteiger partial charge in [-0.2, -0.15) is 0 Å². The minimum absolute atomic E-state index is 0. The minimum atomic E-state index is -2.89. The quantitative estimate of drug-likeness (QED) is 0.150. The van der Waals surface area contributed by atoms with Gasteiger partial charge in [0.1, 0.15) is 0 Å². The summed E-state index contributed by atoms with van der Waals surface area (Å²) in [5, 5.41) is 0. The van der Waals surface area contributed by atoms with Crippen molar-refractivity contribution in [3.8, 4) is 22.3 Å². The third kappa shape index (κ3) is 7.81. The van der Waals surface area contributed by atoms with Crippen LogP contribution in [0.4, 0.5) is 0 Å². The zero-order valence-corrected chi connectivity index (χ0v) is 38.1. The molecule has 1 fully saturated rings. The third-order valence-corrected chi connectivity index (χ3v) is 25.7. The predicted octanol–water partition coefficient (Wildman–Crippen LogP) is 9.20. The predicted molar refractivity (Wildman–Crippen MR) is 221 cm³/mol. The van der Waals surface area contributed by atoms with Gasteiger partial charge < -0.3 is 24.8 Å². The second-order valence-electron chi connectivity index (χ2n) is 18.4. The van der Waals surface area contributed by atoms with Crippen molar-refractivity contribution in [3.05, 3.63) is 128 Å². The second kappa shape index (κ2) is 16.1. The van der Waals surface area contributed by atoms with E-state index in [0.29, 0.717) is 7.25 Å². The van der Waals surface area contributed by atoms with Crippen LogP contribution in [0.2, 0.25) is 8.26 Å². The van der Waals surface area contributed by atoms with Crippen LogP contribution in [0.3, 0.4) is 0 Å². The Balaban J connectivity index is 0.00000271. The normalized spacial score (nSPS) is 17.8. The molecule has 0 radical (unpaired) electrons. The SMILES string of the molecule is CCCCC1=Cc2c(-c3ccc(C(C)(C)C)cc3)ccc(C)c2[CH]1[Zr+2]1([CH]2C(CCCC)=Cc3c(-c4ccc(C(C)(C)C)cc4)ccc(C)c32)[CH2][CH2]1.[Cl-].[Cl-]. The number of rotatable bonds is 10. The Labute approximate surface area is 339 Å². The van der Waals surface area contributed by atoms with Crippen LogP contribution in [0, 0.1) is 13.8 Å². The summed E-state index contributed by atoms with van der Waals surface area (Å²) >= 11 is -2.89. The van der Waals surface area contributed by atoms with E-state index in [0.717, 1.165) is 0 Å². The number of fused-ring (bicyclic) bond motifs is 2. The van der Waals surface area contributed by atoms with E-state index in [2.05, 4.69) is 154 Å². The Hall–Kier alpha value is -2.18. The molecule has 0 N–H and O–H groups in total. The van der Waals surface area contributed by atoms with Crippen LogP contribution in [0.5, 0.6) is 0 Å². The van der Waals surface area contributed by atoms with Crippen molar-refractivity contribution >= 4 is 12.2 Å². The molecule has 280 valence electrons. The van der Waals surface area contributed by atoms with Crippen molar-refractivity contribution in [2.24, 2.45) is 0 Å². The minimum Gasteiger partial charge on any atom is -1.00 e. The van der Waals surface area contributed by atoms with E-state index in [9.17, 15) is 0 Å². The molecule has 0 saturated carbocycles. The summed E-state index contributed by atoms with van der Waals surface area (Å²) in [5.74, 6) is 0. The van der Waals surface area contributed by atoms with Crippen molar-refractivity contribution in [2.45, 2.75) is 134 Å². The molecule has 0 bridgehead atoms. The molecule has 1 aliphatic heterocycles. The van der Waals surface area contributed by atoms with Gasteiger partial charge in [0.15, 0.2) is 0 Å². The van der Waals surface area contributed by atoms with E-state index in [1.807, 2.05) is 0 Å². The van der Waals surface area contributed by atoms with Crippen LogP contribution in [0.15, 0.2) is 83.9 Å². The monoisotopic (exact) mass is 822 g/mol. The summed E-state index contributed by atoms with van der Waals surface area (Å²) in [6, 6.07) is 28.9. The summed E-state index contributed by atoms with van der Waals surface area (Å²) in [6.45, 7) is 23.5. The molecule has 7 rings (SSSR count). The van der Waals surface area contributed by atoms with Gasteiger partial charge in [0.2, 0.25) is 0 Å². The molecule has 2 aliphatic carbocycles. The number of hydrogen-bond donors (Lipinski definition) is 0. The van der Waals surface area contributed by atoms with E-state index in [-0.39, 0.29) is 35.6 Å². The smallest absolute Gasteiger partial charge is 1.00 e. The number of aryl methyl sites for hydroxylation is 2. The third-order valence-electron chi connectivity index (χ3n) is 12.7. The molecule has 2 atom stereocenters. The molecular formula is C50H62Cl2Zr. The van der Waals surface area contributed by atoms with Gasteiger partial charge >= 0.3 is 317 Å². The largest absolute Gasteiger partial charge is 1.00 e. The topological polar surface area (TPSA) is 0 Å². The fourth-order valence-electron chi connectivity index (χ4n) is 9.68. The first kappa shape index (κ1) is 42.0. The van der Waals surface area contributed by atoms with Gasteiger partial charge in [-0.1, -0.05) is 0 Å². The van der Waals surface area contributed by atoms with Gasteiger partial charge in [0.25, 0.3) is 0 Å². The van der Waals surface area contributed by atoms with Gasteiger partial charge in [-0.3, -0.25) is 0 Å². The van der Waals surface area contributed by atoms with Crippen molar-refractivity contribution in [1.82, 2.24) is 0 Å². The molecule has 4 aromatic carbocycles. The summed E-state index contributed by atoms with van der Waals surface area (Å²) in [6.07, 6.45) is 13.0. The van der Waals surface area contributed by atoms with E-state index >= 15 is 0 Å². The molecular weight excluding hydrogens is 763 g/mol. The van der Waals surface area contributed by atoms with Crippen molar-refractivity contribution in [1.29, 1.82) is 0 Å². The Morgan fingerprint density at radius 1 is 0.528 bits per heavy atom. The molecule has 4 aromatic rings. The van der Waals surface area contributed by atoms with Crippen LogP contribution in [-0.4, -0.2) is 0 Å². The van der Waals surface area contributed by atoms with Gasteiger partial charge in [0, 0.05) is 0 Å². The molecule has 2 unspecified atom stereocenters. The van der Waals surface area contributed by atoms with Gasteiger partial charge in [-0.15, -0.1) is 0 Å². The Morgan fingerprint density at radius 3 is 1.19 bits per heavy atom.